The van der Waals surface area contributed by atoms with Crippen LogP contribution in [0.2, 0.25) is 0 Å². The molecular weight excluding hydrogens is 242 g/mol. The number of carbonyl (C=O) groups excluding carboxylic acids is 1. The van der Waals surface area contributed by atoms with Crippen LogP contribution >= 0.6 is 0 Å². The lowest BCUT2D eigenvalue weighted by Gasteiger charge is -2.23. The Bertz CT molecular complexity index is 499. The fourth-order valence-corrected chi connectivity index (χ4v) is 2.12. The Labute approximate surface area is 112 Å². The third-order valence-electron chi connectivity index (χ3n) is 3.19. The molecule has 1 aromatic rings. The molecule has 0 saturated carbocycles. The maximum absolute atomic E-state index is 11.5. The van der Waals surface area contributed by atoms with Crippen molar-refractivity contribution < 1.29 is 14.3 Å². The molecule has 0 amide bonds. The summed E-state index contributed by atoms with van der Waals surface area (Å²) in [4.78, 5) is 11.5. The van der Waals surface area contributed by atoms with E-state index in [9.17, 15) is 4.79 Å². The van der Waals surface area contributed by atoms with Crippen LogP contribution in [0.5, 0.6) is 5.75 Å². The van der Waals surface area contributed by atoms with Gasteiger partial charge >= 0.3 is 0 Å². The van der Waals surface area contributed by atoms with Gasteiger partial charge in [0.05, 0.1) is 23.3 Å². The van der Waals surface area contributed by atoms with Crippen molar-refractivity contribution in [3.63, 3.8) is 0 Å². The molecule has 0 spiro atoms. The molecule has 1 fully saturated rings. The quantitative estimate of drug-likeness (QED) is 0.780. The molecule has 1 aromatic carbocycles. The molecule has 1 heterocycles. The van der Waals surface area contributed by atoms with Gasteiger partial charge in [0.15, 0.2) is 5.78 Å². The van der Waals surface area contributed by atoms with Crippen molar-refractivity contribution in [1.82, 2.24) is 0 Å². The lowest BCUT2D eigenvalue weighted by atomic mass is 10.1. The summed E-state index contributed by atoms with van der Waals surface area (Å²) in [7, 11) is 0. The smallest absolute Gasteiger partial charge is 0.163 e. The highest BCUT2D eigenvalue weighted by atomic mass is 16.5. The number of ether oxygens (including phenoxy) is 2. The Morgan fingerprint density at radius 2 is 2.37 bits per heavy atom. The van der Waals surface area contributed by atoms with E-state index in [4.69, 9.17) is 14.7 Å². The van der Waals surface area contributed by atoms with Crippen LogP contribution in [0.4, 0.5) is 0 Å². The second-order valence-electron chi connectivity index (χ2n) is 4.68. The van der Waals surface area contributed by atoms with E-state index < -0.39 is 0 Å². The topological polar surface area (TPSA) is 59.3 Å². The van der Waals surface area contributed by atoms with Gasteiger partial charge in [-0.15, -0.1) is 0 Å². The third kappa shape index (κ3) is 3.55. The number of carbonyl (C=O) groups is 1. The fraction of sp³-hybridized carbons (Fsp3) is 0.467. The molecular formula is C15H17NO3. The molecule has 1 atom stereocenters. The van der Waals surface area contributed by atoms with Gasteiger partial charge < -0.3 is 9.47 Å². The second kappa shape index (κ2) is 6.35. The highest BCUT2D eigenvalue weighted by Gasteiger charge is 2.16. The van der Waals surface area contributed by atoms with Gasteiger partial charge in [0.25, 0.3) is 0 Å². The van der Waals surface area contributed by atoms with Gasteiger partial charge in [-0.25, -0.2) is 0 Å². The number of nitrogens with zero attached hydrogens (tertiary/aromatic N) is 1. The zero-order valence-corrected chi connectivity index (χ0v) is 11.0. The standard InChI is InChI=1S/C15H17NO3/c1-11(17)14-6-5-12(9-16)8-15(14)19-10-13-4-2-3-7-18-13/h5-6,8,13H,2-4,7,10H2,1H3. The second-order valence-corrected chi connectivity index (χ2v) is 4.68. The number of Topliss-reactive ketones (excluding diaryl/α,β-unsaturated/α-hetero) is 1. The highest BCUT2D eigenvalue weighted by molar-refractivity contribution is 5.97. The zero-order chi connectivity index (χ0) is 13.7. The van der Waals surface area contributed by atoms with E-state index in [2.05, 4.69) is 0 Å². The van der Waals surface area contributed by atoms with Gasteiger partial charge in [0.2, 0.25) is 0 Å². The van der Waals surface area contributed by atoms with E-state index in [1.807, 2.05) is 6.07 Å². The lowest BCUT2D eigenvalue weighted by Crippen LogP contribution is -2.26. The first kappa shape index (κ1) is 13.6. The largest absolute Gasteiger partial charge is 0.490 e. The first-order valence-corrected chi connectivity index (χ1v) is 6.50. The molecule has 100 valence electrons. The van der Waals surface area contributed by atoms with Gasteiger partial charge in [0.1, 0.15) is 12.4 Å². The Kier molecular flexibility index (Phi) is 4.53. The summed E-state index contributed by atoms with van der Waals surface area (Å²) in [5.41, 5.74) is 0.999. The number of rotatable bonds is 4. The molecule has 19 heavy (non-hydrogen) atoms. The summed E-state index contributed by atoms with van der Waals surface area (Å²) >= 11 is 0. The Balaban J connectivity index is 2.08. The van der Waals surface area contributed by atoms with Gasteiger partial charge in [-0.05, 0) is 44.4 Å². The van der Waals surface area contributed by atoms with Crippen LogP contribution in [0.25, 0.3) is 0 Å². The van der Waals surface area contributed by atoms with Crippen LogP contribution in [0.15, 0.2) is 18.2 Å². The molecule has 4 nitrogen and oxygen atoms in total. The van der Waals surface area contributed by atoms with Crippen molar-refractivity contribution >= 4 is 5.78 Å². The summed E-state index contributed by atoms with van der Waals surface area (Å²) < 4.78 is 11.3. The van der Waals surface area contributed by atoms with E-state index in [1.54, 1.807) is 18.2 Å². The lowest BCUT2D eigenvalue weighted by molar-refractivity contribution is -0.0112. The van der Waals surface area contributed by atoms with Crippen LogP contribution < -0.4 is 4.74 Å². The Morgan fingerprint density at radius 3 is 3.00 bits per heavy atom. The van der Waals surface area contributed by atoms with E-state index in [-0.39, 0.29) is 11.9 Å². The number of hydrogen-bond acceptors (Lipinski definition) is 4. The van der Waals surface area contributed by atoms with Crippen molar-refractivity contribution in [3.8, 4) is 11.8 Å². The van der Waals surface area contributed by atoms with E-state index >= 15 is 0 Å². The number of benzene rings is 1. The average molecular weight is 259 g/mol. The minimum Gasteiger partial charge on any atom is -0.490 e. The third-order valence-corrected chi connectivity index (χ3v) is 3.19. The summed E-state index contributed by atoms with van der Waals surface area (Å²) in [6.07, 6.45) is 3.30. The van der Waals surface area contributed by atoms with Crippen LogP contribution in [0.1, 0.15) is 42.1 Å². The summed E-state index contributed by atoms with van der Waals surface area (Å²) in [5.74, 6) is 0.407. The maximum Gasteiger partial charge on any atom is 0.163 e. The van der Waals surface area contributed by atoms with Crippen LogP contribution in [0.3, 0.4) is 0 Å². The van der Waals surface area contributed by atoms with Crippen molar-refractivity contribution in [2.75, 3.05) is 13.2 Å². The number of nitriles is 1. The van der Waals surface area contributed by atoms with E-state index in [1.165, 1.54) is 6.92 Å². The monoisotopic (exact) mass is 259 g/mol. The van der Waals surface area contributed by atoms with Crippen molar-refractivity contribution in [2.45, 2.75) is 32.3 Å². The zero-order valence-electron chi connectivity index (χ0n) is 11.0. The predicted octanol–water partition coefficient (Wildman–Crippen LogP) is 2.71. The molecule has 1 aliphatic heterocycles. The molecule has 1 unspecified atom stereocenters. The minimum atomic E-state index is -0.0657. The fourth-order valence-electron chi connectivity index (χ4n) is 2.12. The number of ketones is 1. The normalized spacial score (nSPS) is 18.6. The average Bonchev–Trinajstić information content (AvgIpc) is 2.45. The molecule has 0 bridgehead atoms. The highest BCUT2D eigenvalue weighted by Crippen LogP contribution is 2.22. The predicted molar refractivity (Wildman–Crippen MR) is 70.2 cm³/mol. The first-order valence-electron chi connectivity index (χ1n) is 6.50. The van der Waals surface area contributed by atoms with Crippen molar-refractivity contribution in [1.29, 1.82) is 5.26 Å². The van der Waals surface area contributed by atoms with Gasteiger partial charge in [-0.1, -0.05) is 0 Å². The SMILES string of the molecule is CC(=O)c1ccc(C#N)cc1OCC1CCCCO1. The molecule has 1 aliphatic rings. The van der Waals surface area contributed by atoms with Crippen LogP contribution in [0, 0.1) is 11.3 Å². The summed E-state index contributed by atoms with van der Waals surface area (Å²) in [5, 5.41) is 8.89. The molecule has 1 saturated heterocycles. The first-order chi connectivity index (χ1) is 9.20. The Morgan fingerprint density at radius 1 is 1.53 bits per heavy atom. The molecule has 0 radical (unpaired) electrons. The number of hydrogen-bond donors (Lipinski definition) is 0. The van der Waals surface area contributed by atoms with Gasteiger partial charge in [-0.3, -0.25) is 4.79 Å². The maximum atomic E-state index is 11.5. The molecule has 4 heteroatoms. The van der Waals surface area contributed by atoms with Crippen molar-refractivity contribution in [3.05, 3.63) is 29.3 Å². The minimum absolute atomic E-state index is 0.0657. The molecule has 0 N–H and O–H groups in total. The Hall–Kier alpha value is -1.86. The molecule has 2 rings (SSSR count). The van der Waals surface area contributed by atoms with Crippen molar-refractivity contribution in [2.24, 2.45) is 0 Å². The van der Waals surface area contributed by atoms with Gasteiger partial charge in [0, 0.05) is 6.61 Å². The van der Waals surface area contributed by atoms with Crippen LogP contribution in [-0.2, 0) is 4.74 Å². The van der Waals surface area contributed by atoms with E-state index in [0.717, 1.165) is 25.9 Å². The summed E-state index contributed by atoms with van der Waals surface area (Å²) in [6.45, 7) is 2.69. The van der Waals surface area contributed by atoms with Gasteiger partial charge in [-0.2, -0.15) is 5.26 Å². The molecule has 0 aliphatic carbocycles. The van der Waals surface area contributed by atoms with E-state index in [0.29, 0.717) is 23.5 Å². The van der Waals surface area contributed by atoms with Crippen LogP contribution in [-0.4, -0.2) is 25.1 Å². The molecule has 0 aromatic heterocycles. The summed E-state index contributed by atoms with van der Waals surface area (Å²) in [6, 6.07) is 6.92.